The number of nitrogens with two attached hydrogens (primary N) is 1. The summed E-state index contributed by atoms with van der Waals surface area (Å²) < 4.78 is 6.99. The third-order valence-corrected chi connectivity index (χ3v) is 1.19. The predicted octanol–water partition coefficient (Wildman–Crippen LogP) is 0.633. The fourth-order valence-corrected chi connectivity index (χ4v) is 0.636. The SMILES string of the molecule is CC(C)(C)OCn1cc(N)nn1. The van der Waals surface area contributed by atoms with Crippen molar-refractivity contribution >= 4 is 5.82 Å². The van der Waals surface area contributed by atoms with Crippen molar-refractivity contribution in [3.05, 3.63) is 6.20 Å². The zero-order valence-corrected chi connectivity index (χ0v) is 7.61. The molecule has 0 unspecified atom stereocenters. The number of hydrogen-bond donors (Lipinski definition) is 1. The van der Waals surface area contributed by atoms with Crippen molar-refractivity contribution in [1.82, 2.24) is 15.0 Å². The number of hydrogen-bond acceptors (Lipinski definition) is 4. The molecule has 0 saturated carbocycles. The summed E-state index contributed by atoms with van der Waals surface area (Å²) in [5.74, 6) is 0.410. The number of anilines is 1. The summed E-state index contributed by atoms with van der Waals surface area (Å²) in [7, 11) is 0. The Bertz CT molecular complexity index is 250. The van der Waals surface area contributed by atoms with Gasteiger partial charge in [-0.2, -0.15) is 0 Å². The van der Waals surface area contributed by atoms with Gasteiger partial charge in [0.1, 0.15) is 6.73 Å². The number of ether oxygens (including phenoxy) is 1. The molecule has 1 rings (SSSR count). The highest BCUT2D eigenvalue weighted by Gasteiger charge is 2.10. The summed E-state index contributed by atoms with van der Waals surface area (Å²) in [6.45, 7) is 6.32. The number of nitrogen functional groups attached to an aromatic ring is 1. The maximum absolute atomic E-state index is 5.43. The predicted molar refractivity (Wildman–Crippen MR) is 45.3 cm³/mol. The van der Waals surface area contributed by atoms with E-state index in [-0.39, 0.29) is 5.60 Å². The molecular weight excluding hydrogens is 156 g/mol. The van der Waals surface area contributed by atoms with E-state index in [0.29, 0.717) is 12.5 Å². The van der Waals surface area contributed by atoms with Crippen LogP contribution < -0.4 is 5.73 Å². The van der Waals surface area contributed by atoms with Crippen LogP contribution in [-0.4, -0.2) is 20.6 Å². The Hall–Kier alpha value is -1.10. The summed E-state index contributed by atoms with van der Waals surface area (Å²) in [4.78, 5) is 0. The molecule has 0 bridgehead atoms. The van der Waals surface area contributed by atoms with E-state index < -0.39 is 0 Å². The minimum atomic E-state index is -0.166. The van der Waals surface area contributed by atoms with Gasteiger partial charge in [0.15, 0.2) is 5.82 Å². The van der Waals surface area contributed by atoms with Gasteiger partial charge < -0.3 is 10.5 Å². The second-order valence-corrected chi connectivity index (χ2v) is 3.57. The van der Waals surface area contributed by atoms with Crippen LogP contribution in [0.4, 0.5) is 5.82 Å². The van der Waals surface area contributed by atoms with Crippen molar-refractivity contribution in [3.8, 4) is 0 Å². The Morgan fingerprint density at radius 1 is 1.58 bits per heavy atom. The Balaban J connectivity index is 2.44. The molecule has 0 radical (unpaired) electrons. The first-order valence-corrected chi connectivity index (χ1v) is 3.77. The molecule has 1 aromatic rings. The summed E-state index contributed by atoms with van der Waals surface area (Å²) in [6.07, 6.45) is 1.63. The average Bonchev–Trinajstić information content (AvgIpc) is 2.30. The lowest BCUT2D eigenvalue weighted by atomic mass is 10.2. The third kappa shape index (κ3) is 2.87. The lowest BCUT2D eigenvalue weighted by Crippen LogP contribution is -2.21. The summed E-state index contributed by atoms with van der Waals surface area (Å²) in [6, 6.07) is 0. The summed E-state index contributed by atoms with van der Waals surface area (Å²) in [5.41, 5.74) is 5.20. The van der Waals surface area contributed by atoms with Gasteiger partial charge >= 0.3 is 0 Å². The van der Waals surface area contributed by atoms with Crippen LogP contribution in [0.25, 0.3) is 0 Å². The molecule has 0 aliphatic heterocycles. The van der Waals surface area contributed by atoms with Gasteiger partial charge in [0.05, 0.1) is 11.8 Å². The van der Waals surface area contributed by atoms with Crippen LogP contribution in [0, 0.1) is 0 Å². The van der Waals surface area contributed by atoms with Crippen molar-refractivity contribution in [3.63, 3.8) is 0 Å². The molecule has 1 heterocycles. The van der Waals surface area contributed by atoms with Gasteiger partial charge in [-0.25, -0.2) is 4.68 Å². The first-order valence-electron chi connectivity index (χ1n) is 3.77. The van der Waals surface area contributed by atoms with E-state index >= 15 is 0 Å². The molecule has 0 spiro atoms. The first kappa shape index (κ1) is 8.99. The van der Waals surface area contributed by atoms with E-state index in [9.17, 15) is 0 Å². The highest BCUT2D eigenvalue weighted by Crippen LogP contribution is 2.07. The number of aromatic nitrogens is 3. The number of rotatable bonds is 2. The van der Waals surface area contributed by atoms with Crippen molar-refractivity contribution in [2.45, 2.75) is 33.1 Å². The minimum absolute atomic E-state index is 0.166. The Kier molecular flexibility index (Phi) is 2.32. The van der Waals surface area contributed by atoms with Gasteiger partial charge in [-0.1, -0.05) is 5.21 Å². The van der Waals surface area contributed by atoms with Crippen LogP contribution in [0.5, 0.6) is 0 Å². The normalized spacial score (nSPS) is 11.9. The molecule has 0 fully saturated rings. The molecule has 5 heteroatoms. The fourth-order valence-electron chi connectivity index (χ4n) is 0.636. The van der Waals surface area contributed by atoms with E-state index in [1.807, 2.05) is 20.8 Å². The van der Waals surface area contributed by atoms with Crippen LogP contribution in [0.2, 0.25) is 0 Å². The maximum Gasteiger partial charge on any atom is 0.166 e. The summed E-state index contributed by atoms with van der Waals surface area (Å²) in [5, 5.41) is 7.36. The smallest absolute Gasteiger partial charge is 0.166 e. The topological polar surface area (TPSA) is 66.0 Å². The van der Waals surface area contributed by atoms with E-state index in [2.05, 4.69) is 10.3 Å². The van der Waals surface area contributed by atoms with Crippen LogP contribution >= 0.6 is 0 Å². The van der Waals surface area contributed by atoms with Gasteiger partial charge in [0, 0.05) is 0 Å². The Morgan fingerprint density at radius 3 is 2.67 bits per heavy atom. The zero-order valence-electron chi connectivity index (χ0n) is 7.61. The molecule has 5 nitrogen and oxygen atoms in total. The average molecular weight is 170 g/mol. The molecule has 0 aliphatic rings. The van der Waals surface area contributed by atoms with Gasteiger partial charge in [-0.05, 0) is 20.8 Å². The van der Waals surface area contributed by atoms with E-state index in [1.165, 1.54) is 0 Å². The van der Waals surface area contributed by atoms with Gasteiger partial charge in [-0.3, -0.25) is 0 Å². The monoisotopic (exact) mass is 170 g/mol. The van der Waals surface area contributed by atoms with E-state index in [0.717, 1.165) is 0 Å². The molecular formula is C7H14N4O. The molecule has 2 N–H and O–H groups in total. The van der Waals surface area contributed by atoms with Crippen LogP contribution in [0.3, 0.4) is 0 Å². The van der Waals surface area contributed by atoms with Crippen molar-refractivity contribution < 1.29 is 4.74 Å². The highest BCUT2D eigenvalue weighted by atomic mass is 16.5. The molecule has 0 amide bonds. The van der Waals surface area contributed by atoms with E-state index in [4.69, 9.17) is 10.5 Å². The maximum atomic E-state index is 5.43. The van der Waals surface area contributed by atoms with Crippen LogP contribution in [0.1, 0.15) is 20.8 Å². The highest BCUT2D eigenvalue weighted by molar-refractivity contribution is 5.19. The van der Waals surface area contributed by atoms with Gasteiger partial charge in [0.25, 0.3) is 0 Å². The number of nitrogens with zero attached hydrogens (tertiary/aromatic N) is 3. The molecule has 0 saturated heterocycles. The van der Waals surface area contributed by atoms with Crippen LogP contribution in [-0.2, 0) is 11.5 Å². The molecule has 1 aromatic heterocycles. The Labute approximate surface area is 71.5 Å². The molecule has 0 atom stereocenters. The van der Waals surface area contributed by atoms with Gasteiger partial charge in [-0.15, -0.1) is 5.10 Å². The zero-order chi connectivity index (χ0) is 9.19. The second-order valence-electron chi connectivity index (χ2n) is 3.57. The third-order valence-electron chi connectivity index (χ3n) is 1.19. The second kappa shape index (κ2) is 3.10. The molecule has 12 heavy (non-hydrogen) atoms. The lowest BCUT2D eigenvalue weighted by molar-refractivity contribution is -0.0485. The molecule has 0 aliphatic carbocycles. The standard InChI is InChI=1S/C7H14N4O/c1-7(2,3)12-5-11-4-6(8)9-10-11/h4H,5,8H2,1-3H3. The van der Waals surface area contributed by atoms with E-state index in [1.54, 1.807) is 10.9 Å². The molecule has 68 valence electrons. The Morgan fingerprint density at radius 2 is 2.25 bits per heavy atom. The van der Waals surface area contributed by atoms with Crippen LogP contribution in [0.15, 0.2) is 6.20 Å². The first-order chi connectivity index (χ1) is 5.47. The van der Waals surface area contributed by atoms with Crippen molar-refractivity contribution in [2.75, 3.05) is 5.73 Å². The molecule has 0 aromatic carbocycles. The van der Waals surface area contributed by atoms with Gasteiger partial charge in [0.2, 0.25) is 0 Å². The largest absolute Gasteiger partial charge is 0.381 e. The summed E-state index contributed by atoms with van der Waals surface area (Å²) >= 11 is 0. The minimum Gasteiger partial charge on any atom is -0.381 e. The quantitative estimate of drug-likeness (QED) is 0.707. The fraction of sp³-hybridized carbons (Fsp3) is 0.714. The lowest BCUT2D eigenvalue weighted by Gasteiger charge is -2.18. The van der Waals surface area contributed by atoms with Crippen molar-refractivity contribution in [1.29, 1.82) is 0 Å². The van der Waals surface area contributed by atoms with Crippen molar-refractivity contribution in [2.24, 2.45) is 0 Å².